The Balaban J connectivity index is 2.13. The summed E-state index contributed by atoms with van der Waals surface area (Å²) in [5, 5.41) is 12.2. The summed E-state index contributed by atoms with van der Waals surface area (Å²) in [5.74, 6) is -0.0985. The standard InChI is InChI=1S/C15H22ClN5O/c1-6-20-13(7-8-17-20)9(2)18-15(22)12(5)21-11(4)14(16)10(3)19-21/h7-9,12H,6H2,1-5H3,(H,18,22). The SMILES string of the molecule is CCn1nccc1C(C)NC(=O)C(C)n1nc(C)c(Cl)c1C. The fraction of sp³-hybridized carbons (Fsp3) is 0.533. The molecule has 0 aliphatic rings. The van der Waals surface area contributed by atoms with Gasteiger partial charge in [-0.05, 0) is 40.7 Å². The van der Waals surface area contributed by atoms with E-state index in [2.05, 4.69) is 15.5 Å². The van der Waals surface area contributed by atoms with Gasteiger partial charge in [0, 0.05) is 12.7 Å². The van der Waals surface area contributed by atoms with Gasteiger partial charge in [-0.25, -0.2) is 0 Å². The summed E-state index contributed by atoms with van der Waals surface area (Å²) in [5.41, 5.74) is 2.51. The highest BCUT2D eigenvalue weighted by atomic mass is 35.5. The fourth-order valence-corrected chi connectivity index (χ4v) is 2.64. The summed E-state index contributed by atoms with van der Waals surface area (Å²) in [7, 11) is 0. The summed E-state index contributed by atoms with van der Waals surface area (Å²) < 4.78 is 3.53. The number of hydrogen-bond donors (Lipinski definition) is 1. The van der Waals surface area contributed by atoms with Gasteiger partial charge in [-0.3, -0.25) is 14.2 Å². The molecule has 22 heavy (non-hydrogen) atoms. The minimum Gasteiger partial charge on any atom is -0.346 e. The largest absolute Gasteiger partial charge is 0.346 e. The molecule has 6 nitrogen and oxygen atoms in total. The van der Waals surface area contributed by atoms with E-state index >= 15 is 0 Å². The van der Waals surface area contributed by atoms with Crippen LogP contribution in [-0.2, 0) is 11.3 Å². The minimum absolute atomic E-state index is 0.0985. The first-order chi connectivity index (χ1) is 10.4. The number of carbonyl (C=O) groups is 1. The van der Waals surface area contributed by atoms with Gasteiger partial charge in [-0.15, -0.1) is 0 Å². The van der Waals surface area contributed by atoms with Crippen molar-refractivity contribution < 1.29 is 4.79 Å². The zero-order valence-corrected chi connectivity index (χ0v) is 14.3. The van der Waals surface area contributed by atoms with Crippen LogP contribution < -0.4 is 5.32 Å². The van der Waals surface area contributed by atoms with E-state index in [1.807, 2.05) is 45.4 Å². The molecule has 1 N–H and O–H groups in total. The molecule has 0 saturated carbocycles. The Morgan fingerprint density at radius 2 is 2.09 bits per heavy atom. The smallest absolute Gasteiger partial charge is 0.245 e. The molecule has 120 valence electrons. The molecule has 0 fully saturated rings. The summed E-state index contributed by atoms with van der Waals surface area (Å²) in [4.78, 5) is 12.5. The molecule has 2 aromatic rings. The maximum atomic E-state index is 12.5. The van der Waals surface area contributed by atoms with Crippen molar-refractivity contribution in [2.24, 2.45) is 0 Å². The van der Waals surface area contributed by atoms with E-state index in [9.17, 15) is 4.79 Å². The zero-order valence-electron chi connectivity index (χ0n) is 13.6. The number of aromatic nitrogens is 4. The molecular weight excluding hydrogens is 302 g/mol. The van der Waals surface area contributed by atoms with Crippen LogP contribution in [0.25, 0.3) is 0 Å². The van der Waals surface area contributed by atoms with Gasteiger partial charge in [-0.2, -0.15) is 10.2 Å². The number of aryl methyl sites for hydroxylation is 2. The monoisotopic (exact) mass is 323 g/mol. The molecule has 1 amide bonds. The van der Waals surface area contributed by atoms with Crippen molar-refractivity contribution in [3.63, 3.8) is 0 Å². The molecule has 0 radical (unpaired) electrons. The Kier molecular flexibility index (Phi) is 4.90. The van der Waals surface area contributed by atoms with Crippen molar-refractivity contribution in [2.45, 2.75) is 53.2 Å². The Hall–Kier alpha value is -1.82. The third-order valence-electron chi connectivity index (χ3n) is 3.83. The van der Waals surface area contributed by atoms with Crippen molar-refractivity contribution in [3.8, 4) is 0 Å². The molecule has 0 bridgehead atoms. The van der Waals surface area contributed by atoms with E-state index in [0.29, 0.717) is 5.02 Å². The lowest BCUT2D eigenvalue weighted by atomic mass is 10.2. The average Bonchev–Trinajstić information content (AvgIpc) is 3.07. The van der Waals surface area contributed by atoms with Gasteiger partial charge in [0.1, 0.15) is 6.04 Å². The van der Waals surface area contributed by atoms with E-state index in [-0.39, 0.29) is 11.9 Å². The maximum Gasteiger partial charge on any atom is 0.245 e. The van der Waals surface area contributed by atoms with Gasteiger partial charge >= 0.3 is 0 Å². The second-order valence-corrected chi connectivity index (χ2v) is 5.79. The lowest BCUT2D eigenvalue weighted by molar-refractivity contribution is -0.124. The highest BCUT2D eigenvalue weighted by Gasteiger charge is 2.22. The highest BCUT2D eigenvalue weighted by molar-refractivity contribution is 6.31. The van der Waals surface area contributed by atoms with Crippen LogP contribution in [-0.4, -0.2) is 25.5 Å². The number of hydrogen-bond acceptors (Lipinski definition) is 3. The van der Waals surface area contributed by atoms with Crippen LogP contribution >= 0.6 is 11.6 Å². The molecule has 0 aliphatic heterocycles. The number of amides is 1. The van der Waals surface area contributed by atoms with Gasteiger partial charge < -0.3 is 5.32 Å². The van der Waals surface area contributed by atoms with Crippen LogP contribution in [0.4, 0.5) is 0 Å². The summed E-state index contributed by atoms with van der Waals surface area (Å²) in [6, 6.07) is 1.37. The number of nitrogens with one attached hydrogen (secondary N) is 1. The molecule has 2 atom stereocenters. The fourth-order valence-electron chi connectivity index (χ4n) is 2.51. The number of nitrogens with zero attached hydrogens (tertiary/aromatic N) is 4. The average molecular weight is 324 g/mol. The van der Waals surface area contributed by atoms with Gasteiger partial charge in [0.25, 0.3) is 0 Å². The molecule has 0 saturated heterocycles. The minimum atomic E-state index is -0.424. The molecule has 2 heterocycles. The van der Waals surface area contributed by atoms with E-state index in [1.165, 1.54) is 0 Å². The first kappa shape index (κ1) is 16.5. The molecule has 0 spiro atoms. The molecule has 2 rings (SSSR count). The molecule has 2 aromatic heterocycles. The second-order valence-electron chi connectivity index (χ2n) is 5.41. The van der Waals surface area contributed by atoms with E-state index in [1.54, 1.807) is 10.9 Å². The molecule has 7 heteroatoms. The first-order valence-corrected chi connectivity index (χ1v) is 7.77. The van der Waals surface area contributed by atoms with Crippen molar-refractivity contribution in [1.29, 1.82) is 0 Å². The second kappa shape index (κ2) is 6.52. The van der Waals surface area contributed by atoms with Crippen LogP contribution in [0.15, 0.2) is 12.3 Å². The maximum absolute atomic E-state index is 12.5. The van der Waals surface area contributed by atoms with Crippen LogP contribution in [0.3, 0.4) is 0 Å². The molecule has 0 aliphatic carbocycles. The van der Waals surface area contributed by atoms with Crippen LogP contribution in [0.5, 0.6) is 0 Å². The van der Waals surface area contributed by atoms with Crippen molar-refractivity contribution in [1.82, 2.24) is 24.9 Å². The predicted octanol–water partition coefficient (Wildman–Crippen LogP) is 2.81. The quantitative estimate of drug-likeness (QED) is 0.920. The Labute approximate surface area is 135 Å². The molecule has 2 unspecified atom stereocenters. The number of halogens is 1. The third kappa shape index (κ3) is 3.02. The van der Waals surface area contributed by atoms with E-state index < -0.39 is 6.04 Å². The van der Waals surface area contributed by atoms with Gasteiger partial charge in [-0.1, -0.05) is 11.6 Å². The summed E-state index contributed by atoms with van der Waals surface area (Å²) >= 11 is 6.15. The lowest BCUT2D eigenvalue weighted by Crippen LogP contribution is -2.34. The topological polar surface area (TPSA) is 64.7 Å². The Morgan fingerprint density at radius 3 is 2.64 bits per heavy atom. The molecular formula is C15H22ClN5O. The van der Waals surface area contributed by atoms with E-state index in [4.69, 9.17) is 11.6 Å². The normalized spacial score (nSPS) is 13.9. The lowest BCUT2D eigenvalue weighted by Gasteiger charge is -2.19. The van der Waals surface area contributed by atoms with Crippen LogP contribution in [0.2, 0.25) is 5.02 Å². The number of rotatable bonds is 5. The van der Waals surface area contributed by atoms with Crippen LogP contribution in [0.1, 0.15) is 49.9 Å². The summed E-state index contributed by atoms with van der Waals surface area (Å²) in [6.07, 6.45) is 1.74. The van der Waals surface area contributed by atoms with Gasteiger partial charge in [0.05, 0.1) is 28.1 Å². The van der Waals surface area contributed by atoms with Gasteiger partial charge in [0.2, 0.25) is 5.91 Å². The Morgan fingerprint density at radius 1 is 1.41 bits per heavy atom. The van der Waals surface area contributed by atoms with Gasteiger partial charge in [0.15, 0.2) is 0 Å². The van der Waals surface area contributed by atoms with Crippen molar-refractivity contribution in [3.05, 3.63) is 34.4 Å². The number of carbonyl (C=O) groups excluding carboxylic acids is 1. The highest BCUT2D eigenvalue weighted by Crippen LogP contribution is 2.22. The Bertz CT molecular complexity index is 676. The summed E-state index contributed by atoms with van der Waals surface area (Å²) in [6.45, 7) is 10.2. The van der Waals surface area contributed by atoms with Crippen molar-refractivity contribution in [2.75, 3.05) is 0 Å². The molecule has 0 aromatic carbocycles. The third-order valence-corrected chi connectivity index (χ3v) is 4.38. The first-order valence-electron chi connectivity index (χ1n) is 7.40. The zero-order chi connectivity index (χ0) is 16.4. The van der Waals surface area contributed by atoms with E-state index in [0.717, 1.165) is 23.6 Å². The van der Waals surface area contributed by atoms with Crippen molar-refractivity contribution >= 4 is 17.5 Å². The van der Waals surface area contributed by atoms with Crippen LogP contribution in [0, 0.1) is 13.8 Å². The predicted molar refractivity (Wildman–Crippen MR) is 85.9 cm³/mol.